The van der Waals surface area contributed by atoms with Crippen LogP contribution in [-0.2, 0) is 10.3 Å². The predicted molar refractivity (Wildman–Crippen MR) is 125 cm³/mol. The molecule has 1 saturated carbocycles. The van der Waals surface area contributed by atoms with Crippen molar-refractivity contribution in [2.24, 2.45) is 16.6 Å². The molecule has 4 rings (SSSR count). The summed E-state index contributed by atoms with van der Waals surface area (Å²) >= 11 is 1.13. The van der Waals surface area contributed by atoms with Gasteiger partial charge in [-0.05, 0) is 37.1 Å². The van der Waals surface area contributed by atoms with E-state index >= 15 is 0 Å². The summed E-state index contributed by atoms with van der Waals surface area (Å²) in [5.74, 6) is -6.96. The molecule has 0 radical (unpaired) electrons. The van der Waals surface area contributed by atoms with E-state index in [9.17, 15) is 31.1 Å². The molecule has 1 fully saturated rings. The quantitative estimate of drug-likeness (QED) is 0.484. The van der Waals surface area contributed by atoms with E-state index in [1.165, 1.54) is 19.2 Å². The number of alkyl halides is 4. The van der Waals surface area contributed by atoms with Gasteiger partial charge in [0, 0.05) is 18.5 Å². The van der Waals surface area contributed by atoms with E-state index in [0.29, 0.717) is 6.42 Å². The first-order valence-electron chi connectivity index (χ1n) is 10.9. The minimum absolute atomic E-state index is 0.128. The Kier molecular flexibility index (Phi) is 6.90. The van der Waals surface area contributed by atoms with Gasteiger partial charge in [-0.15, -0.1) is 0 Å². The summed E-state index contributed by atoms with van der Waals surface area (Å²) in [6.45, 7) is 0.0425. The number of hydrogen-bond acceptors (Lipinski definition) is 7. The summed E-state index contributed by atoms with van der Waals surface area (Å²) in [6.07, 6.45) is -0.759. The van der Waals surface area contributed by atoms with Crippen molar-refractivity contribution in [2.45, 2.75) is 36.0 Å². The molecule has 0 spiro atoms. The number of benzene rings is 1. The Labute approximate surface area is 211 Å². The Morgan fingerprint density at radius 3 is 2.70 bits per heavy atom. The molecular formula is C23H21F6N5O2S. The van der Waals surface area contributed by atoms with Gasteiger partial charge >= 0.3 is 12.3 Å². The van der Waals surface area contributed by atoms with E-state index in [4.69, 9.17) is 5.73 Å². The lowest BCUT2D eigenvalue weighted by Gasteiger charge is -2.33. The number of carbonyl (C=O) groups excluding carboxylic acids is 1. The lowest BCUT2D eigenvalue weighted by atomic mass is 9.84. The van der Waals surface area contributed by atoms with Crippen molar-refractivity contribution >= 4 is 34.7 Å². The summed E-state index contributed by atoms with van der Waals surface area (Å²) in [5.41, 5.74) is 4.89. The number of carbonyl (C=O) groups is 1. The molecule has 0 bridgehead atoms. The maximum Gasteiger partial charge on any atom is 0.340 e. The second-order valence-corrected chi connectivity index (χ2v) is 10.1. The molecule has 2 aliphatic rings. The van der Waals surface area contributed by atoms with Gasteiger partial charge in [0.25, 0.3) is 0 Å². The number of aliphatic imine (C=N–C) groups is 1. The topological polar surface area (TPSA) is 102 Å². The number of halogens is 6. The van der Waals surface area contributed by atoms with Crippen molar-refractivity contribution < 1.29 is 35.9 Å². The number of rotatable bonds is 8. The third-order valence-corrected chi connectivity index (χ3v) is 7.56. The second-order valence-electron chi connectivity index (χ2n) is 8.75. The number of nitrogens with two attached hydrogens (primary N) is 1. The largest absolute Gasteiger partial charge is 0.470 e. The average Bonchev–Trinajstić information content (AvgIpc) is 3.60. The monoisotopic (exact) mass is 545 g/mol. The van der Waals surface area contributed by atoms with Crippen LogP contribution in [0.2, 0.25) is 0 Å². The van der Waals surface area contributed by atoms with Gasteiger partial charge in [-0.1, -0.05) is 17.8 Å². The number of amidine groups is 1. The lowest BCUT2D eigenvalue weighted by molar-refractivity contribution is -0.148. The zero-order valence-corrected chi connectivity index (χ0v) is 20.3. The van der Waals surface area contributed by atoms with Crippen molar-refractivity contribution in [1.29, 1.82) is 0 Å². The normalized spacial score (nSPS) is 25.4. The fourth-order valence-corrected chi connectivity index (χ4v) is 5.70. The minimum Gasteiger partial charge on any atom is -0.470 e. The van der Waals surface area contributed by atoms with Gasteiger partial charge in [-0.2, -0.15) is 8.78 Å². The summed E-state index contributed by atoms with van der Waals surface area (Å²) in [6, 6.07) is 3.86. The van der Waals surface area contributed by atoms with Gasteiger partial charge in [-0.25, -0.2) is 27.5 Å². The highest BCUT2D eigenvalue weighted by molar-refractivity contribution is 8.15. The molecule has 37 heavy (non-hydrogen) atoms. The zero-order valence-electron chi connectivity index (χ0n) is 19.4. The van der Waals surface area contributed by atoms with E-state index in [2.05, 4.69) is 25.0 Å². The van der Waals surface area contributed by atoms with Crippen molar-refractivity contribution in [3.8, 4) is 5.88 Å². The molecule has 3 N–H and O–H groups in total. The van der Waals surface area contributed by atoms with Crippen LogP contribution in [-0.4, -0.2) is 51.8 Å². The van der Waals surface area contributed by atoms with Crippen LogP contribution in [0.5, 0.6) is 5.88 Å². The van der Waals surface area contributed by atoms with Gasteiger partial charge < -0.3 is 15.8 Å². The van der Waals surface area contributed by atoms with E-state index < -0.39 is 46.8 Å². The summed E-state index contributed by atoms with van der Waals surface area (Å²) in [5, 5.41) is 2.74. The van der Waals surface area contributed by atoms with Gasteiger partial charge in [0.15, 0.2) is 17.6 Å². The third-order valence-electron chi connectivity index (χ3n) is 6.26. The molecule has 1 aliphatic carbocycles. The molecule has 7 nitrogen and oxygen atoms in total. The number of hydrogen-bond donors (Lipinski definition) is 2. The highest BCUT2D eigenvalue weighted by Gasteiger charge is 2.70. The van der Waals surface area contributed by atoms with Crippen LogP contribution >= 0.6 is 11.8 Å². The fourth-order valence-electron chi connectivity index (χ4n) is 4.27. The zero-order chi connectivity index (χ0) is 27.2. The van der Waals surface area contributed by atoms with E-state index in [1.54, 1.807) is 6.92 Å². The lowest BCUT2D eigenvalue weighted by Crippen LogP contribution is -2.43. The maximum absolute atomic E-state index is 15.0. The van der Waals surface area contributed by atoms with Crippen LogP contribution in [0, 0.1) is 11.7 Å². The second kappa shape index (κ2) is 9.54. The highest BCUT2D eigenvalue weighted by atomic mass is 32.2. The van der Waals surface area contributed by atoms with Crippen LogP contribution in [0.1, 0.15) is 30.2 Å². The van der Waals surface area contributed by atoms with Crippen molar-refractivity contribution in [3.63, 3.8) is 0 Å². The fraction of sp³-hybridized carbons (Fsp3) is 0.391. The van der Waals surface area contributed by atoms with Crippen LogP contribution in [0.25, 0.3) is 11.9 Å². The highest BCUT2D eigenvalue weighted by Crippen LogP contribution is 2.66. The van der Waals surface area contributed by atoms with Crippen molar-refractivity contribution in [3.05, 3.63) is 53.2 Å². The molecule has 1 aromatic heterocycles. The number of nitrogens with zero attached hydrogens (tertiary/aromatic N) is 3. The molecule has 3 atom stereocenters. The van der Waals surface area contributed by atoms with E-state index in [-0.39, 0.29) is 33.8 Å². The molecule has 1 aromatic carbocycles. The molecule has 14 heteroatoms. The molecule has 1 amide bonds. The van der Waals surface area contributed by atoms with Crippen LogP contribution in [0.15, 0.2) is 35.6 Å². The number of ether oxygens (including phenoxy) is 1. The van der Waals surface area contributed by atoms with Crippen LogP contribution < -0.4 is 15.8 Å². The van der Waals surface area contributed by atoms with Gasteiger partial charge in [0.2, 0.25) is 11.8 Å². The SMILES string of the molecule is CNC(=O)[C@]12C[C@H]1[C@@](C)(c1cc(/C=C(\F)c3cnc(OCC(F)(F)C(F)F)cn3)ccc1F)N=C(N)S2. The molecule has 1 aliphatic heterocycles. The number of fused-ring (bicyclic) bond motifs is 1. The molecule has 2 heterocycles. The Balaban J connectivity index is 1.57. The van der Waals surface area contributed by atoms with Gasteiger partial charge in [0.05, 0.1) is 17.9 Å². The maximum atomic E-state index is 15.0. The minimum atomic E-state index is -4.38. The van der Waals surface area contributed by atoms with E-state index in [0.717, 1.165) is 36.3 Å². The summed E-state index contributed by atoms with van der Waals surface area (Å²) in [4.78, 5) is 24.3. The molecule has 0 saturated heterocycles. The Bertz CT molecular complexity index is 1270. The van der Waals surface area contributed by atoms with Crippen LogP contribution in [0.3, 0.4) is 0 Å². The number of thioether (sulfide) groups is 1. The molecule has 0 unspecified atom stereocenters. The first kappa shape index (κ1) is 26.8. The summed E-state index contributed by atoms with van der Waals surface area (Å²) < 4.78 is 83.9. The Hall–Kier alpha value is -3.29. The number of amides is 1. The average molecular weight is 546 g/mol. The molecular weight excluding hydrogens is 524 g/mol. The first-order chi connectivity index (χ1) is 17.3. The van der Waals surface area contributed by atoms with Crippen molar-refractivity contribution in [1.82, 2.24) is 15.3 Å². The Morgan fingerprint density at radius 2 is 2.08 bits per heavy atom. The predicted octanol–water partition coefficient (Wildman–Crippen LogP) is 4.14. The molecule has 198 valence electrons. The van der Waals surface area contributed by atoms with E-state index in [1.807, 2.05) is 0 Å². The smallest absolute Gasteiger partial charge is 0.340 e. The number of aromatic nitrogens is 2. The van der Waals surface area contributed by atoms with Crippen molar-refractivity contribution in [2.75, 3.05) is 13.7 Å². The van der Waals surface area contributed by atoms with Gasteiger partial charge in [0.1, 0.15) is 16.3 Å². The standard InChI is InChI=1S/C23H21F6N5O2S/c1-21(16-7-22(16,19(35)31-2)37-20(30)34-21)12-5-11(3-4-13(12)24)6-14(25)15-8-33-17(9-32-15)36-10-23(28,29)18(26)27/h3-6,8-9,16,18H,7,10H2,1-2H3,(H2,30,34)(H,31,35)/b14-6-/t16-,21+,22-/m0/s1. The Morgan fingerprint density at radius 1 is 1.35 bits per heavy atom. The first-order valence-corrected chi connectivity index (χ1v) is 11.7. The van der Waals surface area contributed by atoms with Crippen LogP contribution in [0.4, 0.5) is 26.3 Å². The molecule has 2 aromatic rings. The number of nitrogens with one attached hydrogen (secondary N) is 1. The third kappa shape index (κ3) is 4.98. The van der Waals surface area contributed by atoms with Gasteiger partial charge in [-0.3, -0.25) is 9.79 Å². The summed E-state index contributed by atoms with van der Waals surface area (Å²) in [7, 11) is 1.50.